The molecule has 0 saturated carbocycles. The Hall–Kier alpha value is -2.17. The molecule has 1 heterocycles. The number of aromatic nitrogens is 2. The van der Waals surface area contributed by atoms with E-state index >= 15 is 0 Å². The topological polar surface area (TPSA) is 59.2 Å². The number of hydrogen-bond donors (Lipinski definition) is 0. The van der Waals surface area contributed by atoms with Crippen LogP contribution in [0.2, 0.25) is 0 Å². The standard InChI is InChI=1S/C15H19N3O2/c1-11-7-9-12(10-8-11)15-16-13(20-17-15)5-4-6-14(19)18(2)3/h7-10H,4-6H2,1-3H3. The van der Waals surface area contributed by atoms with Crippen molar-refractivity contribution in [2.75, 3.05) is 14.1 Å². The quantitative estimate of drug-likeness (QED) is 0.839. The van der Waals surface area contributed by atoms with Gasteiger partial charge in [-0.25, -0.2) is 0 Å². The maximum atomic E-state index is 11.5. The fourth-order valence-corrected chi connectivity index (χ4v) is 1.79. The average molecular weight is 273 g/mol. The minimum atomic E-state index is 0.114. The van der Waals surface area contributed by atoms with Crippen molar-refractivity contribution in [1.82, 2.24) is 15.0 Å². The first kappa shape index (κ1) is 14.2. The molecular weight excluding hydrogens is 254 g/mol. The summed E-state index contributed by atoms with van der Waals surface area (Å²) in [5, 5.41) is 3.97. The van der Waals surface area contributed by atoms with Gasteiger partial charge < -0.3 is 9.42 Å². The molecular formula is C15H19N3O2. The van der Waals surface area contributed by atoms with Crippen molar-refractivity contribution in [2.45, 2.75) is 26.2 Å². The molecule has 0 radical (unpaired) electrons. The molecule has 0 spiro atoms. The van der Waals surface area contributed by atoms with Crippen LogP contribution in [0.5, 0.6) is 0 Å². The van der Waals surface area contributed by atoms with Gasteiger partial charge in [-0.05, 0) is 13.3 Å². The second-order valence-electron chi connectivity index (χ2n) is 5.02. The van der Waals surface area contributed by atoms with Crippen LogP contribution < -0.4 is 0 Å². The summed E-state index contributed by atoms with van der Waals surface area (Å²) in [5.41, 5.74) is 2.13. The van der Waals surface area contributed by atoms with Gasteiger partial charge in [-0.1, -0.05) is 35.0 Å². The SMILES string of the molecule is Cc1ccc(-c2noc(CCCC(=O)N(C)C)n2)cc1. The van der Waals surface area contributed by atoms with Gasteiger partial charge in [0.1, 0.15) is 0 Å². The van der Waals surface area contributed by atoms with Crippen LogP contribution in [-0.4, -0.2) is 35.0 Å². The highest BCUT2D eigenvalue weighted by molar-refractivity contribution is 5.75. The number of aryl methyl sites for hydroxylation is 2. The van der Waals surface area contributed by atoms with Crippen LogP contribution >= 0.6 is 0 Å². The summed E-state index contributed by atoms with van der Waals surface area (Å²) in [6, 6.07) is 7.97. The van der Waals surface area contributed by atoms with E-state index in [0.717, 1.165) is 5.56 Å². The number of hydrogen-bond acceptors (Lipinski definition) is 4. The number of nitrogens with zero attached hydrogens (tertiary/aromatic N) is 3. The molecule has 2 rings (SSSR count). The maximum Gasteiger partial charge on any atom is 0.226 e. The minimum Gasteiger partial charge on any atom is -0.349 e. The third-order valence-corrected chi connectivity index (χ3v) is 3.06. The van der Waals surface area contributed by atoms with Crippen LogP contribution in [-0.2, 0) is 11.2 Å². The van der Waals surface area contributed by atoms with Crippen LogP contribution in [0.3, 0.4) is 0 Å². The van der Waals surface area contributed by atoms with E-state index in [1.807, 2.05) is 31.2 Å². The van der Waals surface area contributed by atoms with E-state index in [9.17, 15) is 4.79 Å². The van der Waals surface area contributed by atoms with Gasteiger partial charge in [0, 0.05) is 32.5 Å². The first-order chi connectivity index (χ1) is 9.56. The normalized spacial score (nSPS) is 10.6. The van der Waals surface area contributed by atoms with E-state index in [0.29, 0.717) is 31.0 Å². The highest BCUT2D eigenvalue weighted by atomic mass is 16.5. The summed E-state index contributed by atoms with van der Waals surface area (Å²) in [4.78, 5) is 17.4. The van der Waals surface area contributed by atoms with Crippen molar-refractivity contribution < 1.29 is 9.32 Å². The first-order valence-corrected chi connectivity index (χ1v) is 6.66. The Morgan fingerprint density at radius 3 is 2.60 bits per heavy atom. The molecule has 0 fully saturated rings. The Bertz CT molecular complexity index is 573. The van der Waals surface area contributed by atoms with Crippen molar-refractivity contribution in [3.8, 4) is 11.4 Å². The zero-order valence-corrected chi connectivity index (χ0v) is 12.1. The molecule has 0 bridgehead atoms. The van der Waals surface area contributed by atoms with Crippen molar-refractivity contribution in [3.63, 3.8) is 0 Å². The van der Waals surface area contributed by atoms with Gasteiger partial charge in [-0.15, -0.1) is 0 Å². The highest BCUT2D eigenvalue weighted by Crippen LogP contribution is 2.17. The summed E-state index contributed by atoms with van der Waals surface area (Å²) < 4.78 is 5.21. The smallest absolute Gasteiger partial charge is 0.226 e. The number of carbonyl (C=O) groups excluding carboxylic acids is 1. The van der Waals surface area contributed by atoms with Gasteiger partial charge in [0.2, 0.25) is 17.6 Å². The van der Waals surface area contributed by atoms with Gasteiger partial charge in [0.05, 0.1) is 0 Å². The number of rotatable bonds is 5. The number of amides is 1. The Kier molecular flexibility index (Phi) is 4.50. The molecule has 0 aliphatic heterocycles. The molecule has 0 saturated heterocycles. The minimum absolute atomic E-state index is 0.114. The molecule has 0 unspecified atom stereocenters. The largest absolute Gasteiger partial charge is 0.349 e. The van der Waals surface area contributed by atoms with E-state index in [-0.39, 0.29) is 5.91 Å². The molecule has 1 aromatic carbocycles. The second kappa shape index (κ2) is 6.32. The summed E-state index contributed by atoms with van der Waals surface area (Å²) in [6.07, 6.45) is 1.83. The van der Waals surface area contributed by atoms with Crippen LogP contribution in [0.1, 0.15) is 24.3 Å². The molecule has 1 amide bonds. The zero-order chi connectivity index (χ0) is 14.5. The van der Waals surface area contributed by atoms with E-state index in [2.05, 4.69) is 10.1 Å². The van der Waals surface area contributed by atoms with E-state index in [1.54, 1.807) is 19.0 Å². The molecule has 0 N–H and O–H groups in total. The molecule has 1 aromatic heterocycles. The lowest BCUT2D eigenvalue weighted by atomic mass is 10.1. The van der Waals surface area contributed by atoms with Crippen molar-refractivity contribution in [1.29, 1.82) is 0 Å². The molecule has 0 atom stereocenters. The third-order valence-electron chi connectivity index (χ3n) is 3.06. The molecule has 0 aliphatic carbocycles. The van der Waals surface area contributed by atoms with E-state index < -0.39 is 0 Å². The number of carbonyl (C=O) groups is 1. The molecule has 5 heteroatoms. The molecule has 106 valence electrons. The van der Waals surface area contributed by atoms with Crippen LogP contribution in [0.15, 0.2) is 28.8 Å². The van der Waals surface area contributed by atoms with E-state index in [1.165, 1.54) is 5.56 Å². The summed E-state index contributed by atoms with van der Waals surface area (Å²) in [7, 11) is 3.51. The molecule has 2 aromatic rings. The lowest BCUT2D eigenvalue weighted by Gasteiger charge is -2.08. The zero-order valence-electron chi connectivity index (χ0n) is 12.1. The highest BCUT2D eigenvalue weighted by Gasteiger charge is 2.10. The summed E-state index contributed by atoms with van der Waals surface area (Å²) in [6.45, 7) is 2.03. The molecule has 0 aliphatic rings. The predicted octanol–water partition coefficient (Wildman–Crippen LogP) is 2.46. The Balaban J connectivity index is 1.92. The molecule has 20 heavy (non-hydrogen) atoms. The van der Waals surface area contributed by atoms with Crippen molar-refractivity contribution in [3.05, 3.63) is 35.7 Å². The van der Waals surface area contributed by atoms with Crippen LogP contribution in [0.4, 0.5) is 0 Å². The van der Waals surface area contributed by atoms with Gasteiger partial charge in [-0.2, -0.15) is 4.98 Å². The Morgan fingerprint density at radius 1 is 1.25 bits per heavy atom. The van der Waals surface area contributed by atoms with Gasteiger partial charge in [-0.3, -0.25) is 4.79 Å². The van der Waals surface area contributed by atoms with E-state index in [4.69, 9.17) is 4.52 Å². The van der Waals surface area contributed by atoms with Crippen molar-refractivity contribution >= 4 is 5.91 Å². The van der Waals surface area contributed by atoms with Gasteiger partial charge in [0.15, 0.2) is 0 Å². The van der Waals surface area contributed by atoms with Gasteiger partial charge >= 0.3 is 0 Å². The fourth-order valence-electron chi connectivity index (χ4n) is 1.79. The average Bonchev–Trinajstić information content (AvgIpc) is 2.88. The predicted molar refractivity (Wildman–Crippen MR) is 76.1 cm³/mol. The van der Waals surface area contributed by atoms with Gasteiger partial charge in [0.25, 0.3) is 0 Å². The van der Waals surface area contributed by atoms with Crippen molar-refractivity contribution in [2.24, 2.45) is 0 Å². The second-order valence-corrected chi connectivity index (χ2v) is 5.02. The third kappa shape index (κ3) is 3.66. The Labute approximate surface area is 118 Å². The first-order valence-electron chi connectivity index (χ1n) is 6.66. The van der Waals surface area contributed by atoms with Crippen LogP contribution in [0, 0.1) is 6.92 Å². The summed E-state index contributed by atoms with van der Waals surface area (Å²) >= 11 is 0. The Morgan fingerprint density at radius 2 is 1.95 bits per heavy atom. The molecule has 5 nitrogen and oxygen atoms in total. The fraction of sp³-hybridized carbons (Fsp3) is 0.400. The number of benzene rings is 1. The lowest BCUT2D eigenvalue weighted by molar-refractivity contribution is -0.128. The van der Waals surface area contributed by atoms with Crippen LogP contribution in [0.25, 0.3) is 11.4 Å². The maximum absolute atomic E-state index is 11.5. The monoisotopic (exact) mass is 273 g/mol. The lowest BCUT2D eigenvalue weighted by Crippen LogP contribution is -2.21. The summed E-state index contributed by atoms with van der Waals surface area (Å²) in [5.74, 6) is 1.29.